The Balaban J connectivity index is 2.19. The Kier molecular flexibility index (Phi) is 7.47. The van der Waals surface area contributed by atoms with Gasteiger partial charge in [0, 0.05) is 32.1 Å². The predicted octanol–water partition coefficient (Wildman–Crippen LogP) is 0.666. The summed E-state index contributed by atoms with van der Waals surface area (Å²) in [6.07, 6.45) is 0.780. The molecule has 1 aromatic rings. The molecule has 0 aliphatic rings. The van der Waals surface area contributed by atoms with E-state index in [2.05, 4.69) is 10.5 Å². The van der Waals surface area contributed by atoms with Crippen molar-refractivity contribution in [3.05, 3.63) is 17.5 Å². The molecule has 102 valence electrons. The quantitative estimate of drug-likeness (QED) is 0.644. The lowest BCUT2D eigenvalue weighted by Crippen LogP contribution is -2.26. The van der Waals surface area contributed by atoms with Crippen molar-refractivity contribution in [1.29, 1.82) is 0 Å². The van der Waals surface area contributed by atoms with Crippen LogP contribution in [0.4, 0.5) is 0 Å². The van der Waals surface area contributed by atoms with Gasteiger partial charge in [0.15, 0.2) is 11.5 Å². The summed E-state index contributed by atoms with van der Waals surface area (Å²) < 4.78 is 9.78. The number of methoxy groups -OCH3 is 1. The summed E-state index contributed by atoms with van der Waals surface area (Å²) in [5, 5.41) is 15.0. The van der Waals surface area contributed by atoms with Crippen molar-refractivity contribution in [2.24, 2.45) is 0 Å². The maximum atomic E-state index is 11.6. The molecular formula is C11H18N2O4S. The molecule has 0 aliphatic heterocycles. The molecule has 0 atom stereocenters. The van der Waals surface area contributed by atoms with Gasteiger partial charge in [-0.2, -0.15) is 11.8 Å². The fourth-order valence-corrected chi connectivity index (χ4v) is 2.01. The molecule has 7 heteroatoms. The number of nitrogens with zero attached hydrogens (tertiary/aromatic N) is 1. The molecule has 18 heavy (non-hydrogen) atoms. The van der Waals surface area contributed by atoms with Crippen LogP contribution in [0, 0.1) is 0 Å². The number of aliphatic hydroxyl groups is 1. The Labute approximate surface area is 110 Å². The van der Waals surface area contributed by atoms with Gasteiger partial charge in [0.1, 0.15) is 6.61 Å². The molecule has 0 fully saturated rings. The van der Waals surface area contributed by atoms with E-state index in [1.54, 1.807) is 24.9 Å². The smallest absolute Gasteiger partial charge is 0.273 e. The molecule has 0 aromatic carbocycles. The standard InChI is InChI=1S/C11H18N2O4S/c1-16-8-9-7-10(13-17-9)11(15)12-3-6-18-5-2-4-14/h7,14H,2-6,8H2,1H3,(H,12,15). The van der Waals surface area contributed by atoms with Crippen LogP contribution in [-0.2, 0) is 11.3 Å². The third-order valence-corrected chi connectivity index (χ3v) is 3.13. The lowest BCUT2D eigenvalue weighted by molar-refractivity contribution is 0.0946. The fourth-order valence-electron chi connectivity index (χ4n) is 1.23. The summed E-state index contributed by atoms with van der Waals surface area (Å²) in [6, 6.07) is 1.57. The van der Waals surface area contributed by atoms with Gasteiger partial charge >= 0.3 is 0 Å². The van der Waals surface area contributed by atoms with E-state index in [9.17, 15) is 4.79 Å². The Morgan fingerprint density at radius 1 is 1.61 bits per heavy atom. The maximum absolute atomic E-state index is 11.6. The highest BCUT2D eigenvalue weighted by molar-refractivity contribution is 7.99. The van der Waals surface area contributed by atoms with E-state index in [1.807, 2.05) is 0 Å². The van der Waals surface area contributed by atoms with E-state index in [4.69, 9.17) is 14.4 Å². The lowest BCUT2D eigenvalue weighted by Gasteiger charge is -2.02. The predicted molar refractivity (Wildman–Crippen MR) is 68.6 cm³/mol. The van der Waals surface area contributed by atoms with E-state index in [0.29, 0.717) is 18.9 Å². The van der Waals surface area contributed by atoms with Crippen molar-refractivity contribution in [2.45, 2.75) is 13.0 Å². The molecule has 1 amide bonds. The number of hydrogen-bond acceptors (Lipinski definition) is 6. The van der Waals surface area contributed by atoms with E-state index >= 15 is 0 Å². The van der Waals surface area contributed by atoms with E-state index in [-0.39, 0.29) is 18.2 Å². The molecule has 1 aromatic heterocycles. The minimum absolute atomic E-state index is 0.209. The van der Waals surface area contributed by atoms with Crippen LogP contribution >= 0.6 is 11.8 Å². The Bertz CT molecular complexity index is 357. The summed E-state index contributed by atoms with van der Waals surface area (Å²) in [7, 11) is 1.55. The number of aromatic nitrogens is 1. The molecule has 6 nitrogen and oxygen atoms in total. The van der Waals surface area contributed by atoms with Crippen molar-refractivity contribution in [3.8, 4) is 0 Å². The molecular weight excluding hydrogens is 256 g/mol. The van der Waals surface area contributed by atoms with Crippen molar-refractivity contribution in [2.75, 3.05) is 31.8 Å². The van der Waals surface area contributed by atoms with Crippen LogP contribution in [0.25, 0.3) is 0 Å². The molecule has 0 spiro atoms. The van der Waals surface area contributed by atoms with E-state index < -0.39 is 0 Å². The number of amides is 1. The van der Waals surface area contributed by atoms with Gasteiger partial charge in [-0.05, 0) is 12.2 Å². The molecule has 0 aliphatic carbocycles. The lowest BCUT2D eigenvalue weighted by atomic mass is 10.3. The van der Waals surface area contributed by atoms with E-state index in [0.717, 1.165) is 17.9 Å². The highest BCUT2D eigenvalue weighted by atomic mass is 32.2. The van der Waals surface area contributed by atoms with E-state index in [1.165, 1.54) is 0 Å². The van der Waals surface area contributed by atoms with Crippen LogP contribution in [0.1, 0.15) is 22.7 Å². The highest BCUT2D eigenvalue weighted by Gasteiger charge is 2.11. The van der Waals surface area contributed by atoms with Crippen LogP contribution in [0.3, 0.4) is 0 Å². The Hall–Kier alpha value is -1.05. The first-order valence-corrected chi connectivity index (χ1v) is 6.84. The average molecular weight is 274 g/mol. The van der Waals surface area contributed by atoms with Gasteiger partial charge in [-0.3, -0.25) is 4.79 Å². The molecule has 0 saturated carbocycles. The zero-order valence-electron chi connectivity index (χ0n) is 10.3. The van der Waals surface area contributed by atoms with Crippen LogP contribution < -0.4 is 5.32 Å². The number of thioether (sulfide) groups is 1. The second-order valence-electron chi connectivity index (χ2n) is 3.56. The first kappa shape index (κ1) is 15.0. The summed E-state index contributed by atoms with van der Waals surface area (Å²) in [5.41, 5.74) is 0.266. The molecule has 1 heterocycles. The maximum Gasteiger partial charge on any atom is 0.273 e. The first-order chi connectivity index (χ1) is 8.77. The number of rotatable bonds is 9. The van der Waals surface area contributed by atoms with Crippen molar-refractivity contribution in [3.63, 3.8) is 0 Å². The van der Waals surface area contributed by atoms with Gasteiger partial charge in [0.25, 0.3) is 5.91 Å². The summed E-state index contributed by atoms with van der Waals surface area (Å²) in [6.45, 7) is 1.08. The van der Waals surface area contributed by atoms with Gasteiger partial charge in [-0.25, -0.2) is 0 Å². The van der Waals surface area contributed by atoms with Gasteiger partial charge in [-0.1, -0.05) is 5.16 Å². The third-order valence-electron chi connectivity index (χ3n) is 2.06. The van der Waals surface area contributed by atoms with Crippen LogP contribution in [0.15, 0.2) is 10.6 Å². The molecule has 0 unspecified atom stereocenters. The number of hydrogen-bond donors (Lipinski definition) is 2. The molecule has 0 bridgehead atoms. The van der Waals surface area contributed by atoms with Crippen LogP contribution in [-0.4, -0.2) is 47.9 Å². The molecule has 0 radical (unpaired) electrons. The zero-order chi connectivity index (χ0) is 13.2. The minimum atomic E-state index is -0.246. The third kappa shape index (κ3) is 5.52. The SMILES string of the molecule is COCc1cc(C(=O)NCCSCCCO)no1. The molecule has 1 rings (SSSR count). The van der Waals surface area contributed by atoms with Crippen molar-refractivity contribution < 1.29 is 19.2 Å². The summed E-state index contributed by atoms with van der Waals surface area (Å²) in [5.74, 6) is 1.99. The number of aliphatic hydroxyl groups excluding tert-OH is 1. The minimum Gasteiger partial charge on any atom is -0.396 e. The summed E-state index contributed by atoms with van der Waals surface area (Å²) >= 11 is 1.69. The number of ether oxygens (including phenoxy) is 1. The summed E-state index contributed by atoms with van der Waals surface area (Å²) in [4.78, 5) is 11.6. The largest absolute Gasteiger partial charge is 0.396 e. The van der Waals surface area contributed by atoms with Crippen LogP contribution in [0.2, 0.25) is 0 Å². The van der Waals surface area contributed by atoms with Gasteiger partial charge in [-0.15, -0.1) is 0 Å². The number of carbonyl (C=O) groups excluding carboxylic acids is 1. The van der Waals surface area contributed by atoms with Crippen LogP contribution in [0.5, 0.6) is 0 Å². The molecule has 2 N–H and O–H groups in total. The monoisotopic (exact) mass is 274 g/mol. The second-order valence-corrected chi connectivity index (χ2v) is 4.78. The van der Waals surface area contributed by atoms with Gasteiger partial charge in [0.2, 0.25) is 0 Å². The van der Waals surface area contributed by atoms with Gasteiger partial charge < -0.3 is 19.7 Å². The topological polar surface area (TPSA) is 84.6 Å². The van der Waals surface area contributed by atoms with Gasteiger partial charge in [0.05, 0.1) is 0 Å². The van der Waals surface area contributed by atoms with Crippen molar-refractivity contribution >= 4 is 17.7 Å². The number of nitrogens with one attached hydrogen (secondary N) is 1. The Morgan fingerprint density at radius 3 is 3.17 bits per heavy atom. The zero-order valence-corrected chi connectivity index (χ0v) is 11.2. The first-order valence-electron chi connectivity index (χ1n) is 5.69. The molecule has 0 saturated heterocycles. The average Bonchev–Trinajstić information content (AvgIpc) is 2.82. The fraction of sp³-hybridized carbons (Fsp3) is 0.636. The Morgan fingerprint density at radius 2 is 2.44 bits per heavy atom. The van der Waals surface area contributed by atoms with Crippen molar-refractivity contribution in [1.82, 2.24) is 10.5 Å². The highest BCUT2D eigenvalue weighted by Crippen LogP contribution is 2.05. The number of carbonyl (C=O) groups is 1. The second kappa shape index (κ2) is 8.96. The normalized spacial score (nSPS) is 10.6.